The number of nitrogens with zero attached hydrogens (tertiary/aromatic N) is 2. The molecule has 5 rings (SSSR count). The highest BCUT2D eigenvalue weighted by Crippen LogP contribution is 2.36. The van der Waals surface area contributed by atoms with Crippen LogP contribution in [0.4, 0.5) is 11.4 Å². The number of rotatable bonds is 7. The van der Waals surface area contributed by atoms with Gasteiger partial charge in [0.1, 0.15) is 17.6 Å². The molecule has 2 aromatic carbocycles. The summed E-state index contributed by atoms with van der Waals surface area (Å²) in [6.45, 7) is 10.9. The zero-order valence-corrected chi connectivity index (χ0v) is 24.9. The number of hydrogen-bond donors (Lipinski definition) is 1. The van der Waals surface area contributed by atoms with Crippen molar-refractivity contribution in [3.05, 3.63) is 82.8 Å². The van der Waals surface area contributed by atoms with Crippen LogP contribution in [0, 0.1) is 13.8 Å². The maximum atomic E-state index is 14.0. The van der Waals surface area contributed by atoms with E-state index in [0.717, 1.165) is 47.1 Å². The molecular formula is C32H41N3O4S. The predicted octanol–water partition coefficient (Wildman–Crippen LogP) is 5.30. The standard InChI is InChI=1S/C32H41N3O4S/c1-23-8-14-27(28(22-23)35-16-6-5-7-17-35)30(29-15-9-24(2)39-29)33-31(36)32(3,4)25-10-12-26(13-11-25)34-18-20-40(37,38)21-19-34/h8-15,22,30H,5-7,16-21H2,1-4H3,(H,33,36). The third-order valence-electron chi connectivity index (χ3n) is 8.38. The maximum Gasteiger partial charge on any atom is 0.230 e. The van der Waals surface area contributed by atoms with E-state index < -0.39 is 21.3 Å². The molecule has 1 unspecified atom stereocenters. The molecule has 3 heterocycles. The summed E-state index contributed by atoms with van der Waals surface area (Å²) >= 11 is 0. The van der Waals surface area contributed by atoms with Crippen LogP contribution in [0.5, 0.6) is 0 Å². The number of nitrogens with one attached hydrogen (secondary N) is 1. The van der Waals surface area contributed by atoms with Gasteiger partial charge in [-0.15, -0.1) is 0 Å². The van der Waals surface area contributed by atoms with Crippen molar-refractivity contribution in [2.75, 3.05) is 47.5 Å². The summed E-state index contributed by atoms with van der Waals surface area (Å²) in [7, 11) is -2.94. The van der Waals surface area contributed by atoms with Crippen LogP contribution >= 0.6 is 0 Å². The molecule has 1 atom stereocenters. The van der Waals surface area contributed by atoms with E-state index in [1.807, 2.05) is 57.2 Å². The highest BCUT2D eigenvalue weighted by atomic mass is 32.2. The number of carbonyl (C=O) groups is 1. The zero-order chi connectivity index (χ0) is 28.5. The number of furan rings is 1. The molecule has 0 bridgehead atoms. The maximum absolute atomic E-state index is 14.0. The Bertz CT molecular complexity index is 1440. The Morgan fingerprint density at radius 1 is 0.875 bits per heavy atom. The number of benzene rings is 2. The molecule has 1 N–H and O–H groups in total. The van der Waals surface area contributed by atoms with Crippen molar-refractivity contribution in [3.8, 4) is 0 Å². The number of sulfone groups is 1. The molecule has 2 aliphatic rings. The lowest BCUT2D eigenvalue weighted by atomic mass is 9.83. The van der Waals surface area contributed by atoms with E-state index in [1.54, 1.807) is 0 Å². The first-order valence-electron chi connectivity index (χ1n) is 14.3. The Morgan fingerprint density at radius 3 is 2.17 bits per heavy atom. The van der Waals surface area contributed by atoms with E-state index in [1.165, 1.54) is 24.8 Å². The molecule has 214 valence electrons. The molecule has 1 aromatic heterocycles. The Hall–Kier alpha value is -3.26. The fourth-order valence-electron chi connectivity index (χ4n) is 5.72. The van der Waals surface area contributed by atoms with Crippen molar-refractivity contribution in [3.63, 3.8) is 0 Å². The lowest BCUT2D eigenvalue weighted by molar-refractivity contribution is -0.126. The average molecular weight is 564 g/mol. The Kier molecular flexibility index (Phi) is 8.00. The summed E-state index contributed by atoms with van der Waals surface area (Å²) in [4.78, 5) is 18.5. The molecule has 2 fully saturated rings. The van der Waals surface area contributed by atoms with Gasteiger partial charge in [0, 0.05) is 43.1 Å². The Labute approximate surface area is 238 Å². The smallest absolute Gasteiger partial charge is 0.230 e. The van der Waals surface area contributed by atoms with Gasteiger partial charge in [-0.3, -0.25) is 4.79 Å². The lowest BCUT2D eigenvalue weighted by Crippen LogP contribution is -2.43. The van der Waals surface area contributed by atoms with E-state index in [0.29, 0.717) is 13.1 Å². The van der Waals surface area contributed by atoms with Crippen LogP contribution in [0.1, 0.15) is 67.4 Å². The fourth-order valence-corrected chi connectivity index (χ4v) is 6.92. The predicted molar refractivity (Wildman–Crippen MR) is 161 cm³/mol. The first-order valence-corrected chi connectivity index (χ1v) is 16.1. The van der Waals surface area contributed by atoms with E-state index in [9.17, 15) is 13.2 Å². The van der Waals surface area contributed by atoms with E-state index >= 15 is 0 Å². The van der Waals surface area contributed by atoms with Crippen LogP contribution in [-0.2, 0) is 20.0 Å². The molecular weight excluding hydrogens is 522 g/mol. The first kappa shape index (κ1) is 28.3. The van der Waals surface area contributed by atoms with Crippen molar-refractivity contribution in [1.29, 1.82) is 0 Å². The van der Waals surface area contributed by atoms with Crippen molar-refractivity contribution in [2.45, 2.75) is 58.4 Å². The van der Waals surface area contributed by atoms with Gasteiger partial charge in [0.15, 0.2) is 9.84 Å². The van der Waals surface area contributed by atoms with Crippen LogP contribution in [0.15, 0.2) is 59.0 Å². The van der Waals surface area contributed by atoms with Crippen LogP contribution < -0.4 is 15.1 Å². The van der Waals surface area contributed by atoms with Gasteiger partial charge in [-0.1, -0.05) is 24.3 Å². The summed E-state index contributed by atoms with van der Waals surface area (Å²) in [5, 5.41) is 3.35. The molecule has 7 nitrogen and oxygen atoms in total. The summed E-state index contributed by atoms with van der Waals surface area (Å²) in [5.74, 6) is 1.79. The third-order valence-corrected chi connectivity index (χ3v) is 9.99. The van der Waals surface area contributed by atoms with E-state index in [-0.39, 0.29) is 17.4 Å². The third kappa shape index (κ3) is 6.07. The lowest BCUT2D eigenvalue weighted by Gasteiger charge is -2.34. The Balaban J connectivity index is 1.41. The number of anilines is 2. The van der Waals surface area contributed by atoms with Crippen molar-refractivity contribution >= 4 is 27.1 Å². The van der Waals surface area contributed by atoms with Crippen molar-refractivity contribution in [1.82, 2.24) is 5.32 Å². The second kappa shape index (κ2) is 11.3. The summed E-state index contributed by atoms with van der Waals surface area (Å²) in [6.07, 6.45) is 3.58. The summed E-state index contributed by atoms with van der Waals surface area (Å²) in [6, 6.07) is 17.9. The molecule has 0 radical (unpaired) electrons. The van der Waals surface area contributed by atoms with Gasteiger partial charge in [0.25, 0.3) is 0 Å². The van der Waals surface area contributed by atoms with E-state index in [4.69, 9.17) is 4.42 Å². The van der Waals surface area contributed by atoms with Gasteiger partial charge in [0.05, 0.1) is 16.9 Å². The number of aryl methyl sites for hydroxylation is 2. The van der Waals surface area contributed by atoms with Crippen LogP contribution in [0.25, 0.3) is 0 Å². The SMILES string of the molecule is Cc1ccc(C(NC(=O)C(C)(C)c2ccc(N3CCS(=O)(=O)CC3)cc2)c2ccc(C)o2)c(N2CCCCC2)c1. The van der Waals surface area contributed by atoms with Gasteiger partial charge >= 0.3 is 0 Å². The topological polar surface area (TPSA) is 82.9 Å². The van der Waals surface area contributed by atoms with Crippen LogP contribution in [0.3, 0.4) is 0 Å². The zero-order valence-electron chi connectivity index (χ0n) is 24.1. The minimum atomic E-state index is -2.94. The van der Waals surface area contributed by atoms with Crippen LogP contribution in [0.2, 0.25) is 0 Å². The largest absolute Gasteiger partial charge is 0.464 e. The minimum absolute atomic E-state index is 0.0893. The van der Waals surface area contributed by atoms with Gasteiger partial charge in [0.2, 0.25) is 5.91 Å². The minimum Gasteiger partial charge on any atom is -0.464 e. The van der Waals surface area contributed by atoms with Gasteiger partial charge < -0.3 is 19.5 Å². The number of amides is 1. The Morgan fingerprint density at radius 2 is 1.55 bits per heavy atom. The molecule has 2 aliphatic heterocycles. The average Bonchev–Trinajstić information content (AvgIpc) is 3.38. The molecule has 0 aliphatic carbocycles. The summed E-state index contributed by atoms with van der Waals surface area (Å²) in [5.41, 5.74) is 4.46. The fraction of sp³-hybridized carbons (Fsp3) is 0.469. The second-order valence-corrected chi connectivity index (χ2v) is 14.1. The normalized spacial score (nSPS) is 18.4. The van der Waals surface area contributed by atoms with Crippen LogP contribution in [-0.4, -0.2) is 52.0 Å². The number of piperidine rings is 1. The molecule has 3 aromatic rings. The molecule has 8 heteroatoms. The van der Waals surface area contributed by atoms with E-state index in [2.05, 4.69) is 40.2 Å². The monoisotopic (exact) mass is 563 g/mol. The molecule has 0 saturated carbocycles. The molecule has 1 amide bonds. The number of hydrogen-bond acceptors (Lipinski definition) is 6. The molecule has 2 saturated heterocycles. The second-order valence-electron chi connectivity index (χ2n) is 11.8. The molecule has 40 heavy (non-hydrogen) atoms. The van der Waals surface area contributed by atoms with Gasteiger partial charge in [-0.25, -0.2) is 8.42 Å². The highest BCUT2D eigenvalue weighted by Gasteiger charge is 2.34. The van der Waals surface area contributed by atoms with Crippen molar-refractivity contribution < 1.29 is 17.6 Å². The molecule has 0 spiro atoms. The first-order chi connectivity index (χ1) is 19.0. The summed E-state index contributed by atoms with van der Waals surface area (Å²) < 4.78 is 29.8. The van der Waals surface area contributed by atoms with Crippen molar-refractivity contribution in [2.24, 2.45) is 0 Å². The number of carbonyl (C=O) groups excluding carboxylic acids is 1. The van der Waals surface area contributed by atoms with Gasteiger partial charge in [-0.05, 0) is 88.4 Å². The van der Waals surface area contributed by atoms with Gasteiger partial charge in [-0.2, -0.15) is 0 Å². The quantitative estimate of drug-likeness (QED) is 0.420. The highest BCUT2D eigenvalue weighted by molar-refractivity contribution is 7.91.